The summed E-state index contributed by atoms with van der Waals surface area (Å²) >= 11 is 5.88. The summed E-state index contributed by atoms with van der Waals surface area (Å²) in [7, 11) is 0. The Labute approximate surface area is 81.8 Å². The lowest BCUT2D eigenvalue weighted by Gasteiger charge is -2.05. The summed E-state index contributed by atoms with van der Waals surface area (Å²) in [6.07, 6.45) is 0. The predicted molar refractivity (Wildman–Crippen MR) is 54.3 cm³/mol. The monoisotopic (exact) mass is 198 g/mol. The summed E-state index contributed by atoms with van der Waals surface area (Å²) in [5.41, 5.74) is 1.95. The van der Waals surface area contributed by atoms with Gasteiger partial charge in [0.05, 0.1) is 5.71 Å². The number of phenolic OH excluding ortho intramolecular Hbond substituents is 1. The zero-order chi connectivity index (χ0) is 10.0. The molecule has 0 unspecified atom stereocenters. The van der Waals surface area contributed by atoms with Crippen LogP contribution in [0.3, 0.4) is 0 Å². The van der Waals surface area contributed by atoms with Crippen LogP contribution in [0, 0.1) is 6.92 Å². The molecule has 0 radical (unpaired) electrons. The first-order chi connectivity index (χ1) is 6.06. The summed E-state index contributed by atoms with van der Waals surface area (Å²) in [5, 5.41) is 13.6. The van der Waals surface area contributed by atoms with Crippen molar-refractivity contribution in [3.63, 3.8) is 0 Å². The van der Waals surface area contributed by atoms with E-state index >= 15 is 0 Å². The molecule has 0 amide bonds. The van der Waals surface area contributed by atoms with Crippen molar-refractivity contribution in [1.29, 1.82) is 0 Å². The SMILES string of the molecule is C/C(=N\N)c1cc(Cl)c(C)cc1O. The highest BCUT2D eigenvalue weighted by atomic mass is 35.5. The van der Waals surface area contributed by atoms with Gasteiger partial charge in [0.15, 0.2) is 0 Å². The largest absolute Gasteiger partial charge is 0.507 e. The van der Waals surface area contributed by atoms with Gasteiger partial charge in [-0.2, -0.15) is 5.10 Å². The number of hydrogen-bond acceptors (Lipinski definition) is 3. The third-order valence-electron chi connectivity index (χ3n) is 1.86. The lowest BCUT2D eigenvalue weighted by Crippen LogP contribution is -1.99. The minimum absolute atomic E-state index is 0.147. The molecular formula is C9H11ClN2O. The van der Waals surface area contributed by atoms with E-state index in [1.165, 1.54) is 0 Å². The van der Waals surface area contributed by atoms with Gasteiger partial charge in [0, 0.05) is 10.6 Å². The number of aromatic hydroxyl groups is 1. The van der Waals surface area contributed by atoms with Crippen LogP contribution < -0.4 is 5.84 Å². The highest BCUT2D eigenvalue weighted by Gasteiger charge is 2.07. The van der Waals surface area contributed by atoms with Gasteiger partial charge in [-0.1, -0.05) is 11.6 Å². The van der Waals surface area contributed by atoms with Crippen molar-refractivity contribution in [3.05, 3.63) is 28.3 Å². The Morgan fingerprint density at radius 1 is 1.54 bits per heavy atom. The third-order valence-corrected chi connectivity index (χ3v) is 2.27. The molecule has 1 rings (SSSR count). The first kappa shape index (κ1) is 9.86. The van der Waals surface area contributed by atoms with Gasteiger partial charge in [-0.25, -0.2) is 0 Å². The number of benzene rings is 1. The van der Waals surface area contributed by atoms with E-state index < -0.39 is 0 Å². The Balaban J connectivity index is 3.32. The maximum atomic E-state index is 9.52. The number of hydrogen-bond donors (Lipinski definition) is 2. The first-order valence-corrected chi connectivity index (χ1v) is 4.18. The normalized spacial score (nSPS) is 11.8. The lowest BCUT2D eigenvalue weighted by molar-refractivity contribution is 0.473. The second kappa shape index (κ2) is 3.66. The van der Waals surface area contributed by atoms with Crippen LogP contribution in [0.25, 0.3) is 0 Å². The minimum atomic E-state index is 0.147. The first-order valence-electron chi connectivity index (χ1n) is 3.80. The van der Waals surface area contributed by atoms with Crippen LogP contribution in [-0.4, -0.2) is 10.8 Å². The maximum Gasteiger partial charge on any atom is 0.125 e. The fraction of sp³-hybridized carbons (Fsp3) is 0.222. The smallest absolute Gasteiger partial charge is 0.125 e. The molecule has 0 aliphatic heterocycles. The van der Waals surface area contributed by atoms with E-state index in [-0.39, 0.29) is 5.75 Å². The molecule has 0 saturated carbocycles. The summed E-state index contributed by atoms with van der Waals surface area (Å²) in [4.78, 5) is 0. The molecule has 0 spiro atoms. The summed E-state index contributed by atoms with van der Waals surface area (Å²) in [6.45, 7) is 3.53. The van der Waals surface area contributed by atoms with Gasteiger partial charge in [-0.15, -0.1) is 0 Å². The van der Waals surface area contributed by atoms with Gasteiger partial charge >= 0.3 is 0 Å². The van der Waals surface area contributed by atoms with E-state index in [1.54, 1.807) is 19.1 Å². The molecule has 0 bridgehead atoms. The van der Waals surface area contributed by atoms with Gasteiger partial charge < -0.3 is 10.9 Å². The van der Waals surface area contributed by atoms with Crippen molar-refractivity contribution in [3.8, 4) is 5.75 Å². The fourth-order valence-corrected chi connectivity index (χ4v) is 1.19. The quantitative estimate of drug-likeness (QED) is 0.412. The number of hydrazone groups is 1. The molecule has 0 heterocycles. The Morgan fingerprint density at radius 2 is 2.15 bits per heavy atom. The van der Waals surface area contributed by atoms with E-state index in [4.69, 9.17) is 17.4 Å². The predicted octanol–water partition coefficient (Wildman–Crippen LogP) is 2.04. The van der Waals surface area contributed by atoms with E-state index in [9.17, 15) is 5.11 Å². The highest BCUT2D eigenvalue weighted by molar-refractivity contribution is 6.31. The zero-order valence-electron chi connectivity index (χ0n) is 7.50. The Hall–Kier alpha value is -1.22. The van der Waals surface area contributed by atoms with Gasteiger partial charge in [0.25, 0.3) is 0 Å². The number of rotatable bonds is 1. The summed E-state index contributed by atoms with van der Waals surface area (Å²) < 4.78 is 0. The number of phenols is 1. The van der Waals surface area contributed by atoms with Crippen molar-refractivity contribution >= 4 is 17.3 Å². The molecule has 0 aliphatic rings. The molecule has 0 aliphatic carbocycles. The fourth-order valence-electron chi connectivity index (χ4n) is 1.03. The second-order valence-electron chi connectivity index (χ2n) is 2.83. The van der Waals surface area contributed by atoms with Crippen molar-refractivity contribution in [2.45, 2.75) is 13.8 Å². The molecule has 1 aromatic rings. The van der Waals surface area contributed by atoms with Gasteiger partial charge in [-0.3, -0.25) is 0 Å². The van der Waals surface area contributed by atoms with E-state index in [0.29, 0.717) is 16.3 Å². The van der Waals surface area contributed by atoms with Crippen molar-refractivity contribution in [2.24, 2.45) is 10.9 Å². The number of halogens is 1. The molecule has 0 atom stereocenters. The van der Waals surface area contributed by atoms with Crippen molar-refractivity contribution in [1.82, 2.24) is 0 Å². The van der Waals surface area contributed by atoms with Crippen LogP contribution in [-0.2, 0) is 0 Å². The van der Waals surface area contributed by atoms with Crippen LogP contribution in [0.15, 0.2) is 17.2 Å². The standard InChI is InChI=1S/C9H11ClN2O/c1-5-3-9(13)7(4-8(5)10)6(2)12-11/h3-4,13H,11H2,1-2H3/b12-6+. The van der Waals surface area contributed by atoms with E-state index in [1.807, 2.05) is 6.92 Å². The van der Waals surface area contributed by atoms with Crippen LogP contribution in [0.2, 0.25) is 5.02 Å². The van der Waals surface area contributed by atoms with Gasteiger partial charge in [-0.05, 0) is 31.5 Å². The minimum Gasteiger partial charge on any atom is -0.507 e. The topological polar surface area (TPSA) is 58.6 Å². The number of nitrogens with zero attached hydrogens (tertiary/aromatic N) is 1. The maximum absolute atomic E-state index is 9.52. The Morgan fingerprint density at radius 3 is 2.69 bits per heavy atom. The van der Waals surface area contributed by atoms with Crippen LogP contribution in [0.1, 0.15) is 18.1 Å². The highest BCUT2D eigenvalue weighted by Crippen LogP contribution is 2.25. The molecule has 1 aromatic carbocycles. The van der Waals surface area contributed by atoms with Crippen LogP contribution >= 0.6 is 11.6 Å². The van der Waals surface area contributed by atoms with Gasteiger partial charge in [0.1, 0.15) is 5.75 Å². The Kier molecular flexibility index (Phi) is 2.78. The average molecular weight is 199 g/mol. The molecule has 70 valence electrons. The van der Waals surface area contributed by atoms with Crippen molar-refractivity contribution < 1.29 is 5.11 Å². The molecule has 13 heavy (non-hydrogen) atoms. The van der Waals surface area contributed by atoms with Crippen LogP contribution in [0.5, 0.6) is 5.75 Å². The van der Waals surface area contributed by atoms with Crippen molar-refractivity contribution in [2.75, 3.05) is 0 Å². The number of aryl methyl sites for hydroxylation is 1. The number of nitrogens with two attached hydrogens (primary N) is 1. The second-order valence-corrected chi connectivity index (χ2v) is 3.24. The molecule has 4 heteroatoms. The summed E-state index contributed by atoms with van der Waals surface area (Å²) in [5.74, 6) is 5.24. The lowest BCUT2D eigenvalue weighted by atomic mass is 10.1. The van der Waals surface area contributed by atoms with Crippen LogP contribution in [0.4, 0.5) is 0 Å². The molecule has 3 nitrogen and oxygen atoms in total. The molecule has 0 saturated heterocycles. The average Bonchev–Trinajstić information content (AvgIpc) is 2.10. The summed E-state index contributed by atoms with van der Waals surface area (Å²) in [6, 6.07) is 3.24. The van der Waals surface area contributed by atoms with E-state index in [0.717, 1.165) is 5.56 Å². The van der Waals surface area contributed by atoms with Gasteiger partial charge in [0.2, 0.25) is 0 Å². The molecule has 0 aromatic heterocycles. The Bertz CT molecular complexity index is 361. The third kappa shape index (κ3) is 1.92. The zero-order valence-corrected chi connectivity index (χ0v) is 8.26. The van der Waals surface area contributed by atoms with E-state index in [2.05, 4.69) is 5.10 Å². The molecule has 0 fully saturated rings. The molecule has 3 N–H and O–H groups in total. The molecular weight excluding hydrogens is 188 g/mol.